The quantitative estimate of drug-likeness (QED) is 0.361. The first-order valence-electron chi connectivity index (χ1n) is 11.0. The van der Waals surface area contributed by atoms with Crippen LogP contribution in [0, 0.1) is 6.92 Å². The molecule has 188 valence electrons. The van der Waals surface area contributed by atoms with Gasteiger partial charge < -0.3 is 5.73 Å². The Morgan fingerprint density at radius 2 is 1.65 bits per heavy atom. The van der Waals surface area contributed by atoms with Crippen LogP contribution in [-0.2, 0) is 9.84 Å². The lowest BCUT2D eigenvalue weighted by molar-refractivity contribution is -0.142. The van der Waals surface area contributed by atoms with Gasteiger partial charge in [-0.25, -0.2) is 23.4 Å². The average Bonchev–Trinajstić information content (AvgIpc) is 2.82. The minimum Gasteiger partial charge on any atom is -0.382 e. The Kier molecular flexibility index (Phi) is 5.78. The van der Waals surface area contributed by atoms with E-state index < -0.39 is 27.8 Å². The van der Waals surface area contributed by atoms with Crippen LogP contribution in [-0.4, -0.2) is 45.8 Å². The molecule has 2 N–H and O–H groups in total. The van der Waals surface area contributed by atoms with Crippen LogP contribution in [0.25, 0.3) is 33.2 Å². The van der Waals surface area contributed by atoms with E-state index in [0.29, 0.717) is 11.3 Å². The fourth-order valence-electron chi connectivity index (χ4n) is 4.26. The molecule has 0 aliphatic heterocycles. The van der Waals surface area contributed by atoms with Gasteiger partial charge in [0.25, 0.3) is 0 Å². The molecule has 0 amide bonds. The number of anilines is 1. The topological polar surface area (TPSA) is 125 Å². The number of para-hydroxylation sites is 1. The highest BCUT2D eigenvalue weighted by molar-refractivity contribution is 7.91. The Labute approximate surface area is 209 Å². The van der Waals surface area contributed by atoms with Crippen molar-refractivity contribution in [2.75, 3.05) is 12.0 Å². The molecule has 0 bridgehead atoms. The van der Waals surface area contributed by atoms with Crippen LogP contribution >= 0.6 is 0 Å². The van der Waals surface area contributed by atoms with Crippen molar-refractivity contribution in [3.63, 3.8) is 0 Å². The number of nitrogens with two attached hydrogens (primary N) is 1. The van der Waals surface area contributed by atoms with Crippen LogP contribution in [0.3, 0.4) is 0 Å². The minimum absolute atomic E-state index is 0.0519. The van der Waals surface area contributed by atoms with Gasteiger partial charge in [-0.15, -0.1) is 0 Å². The number of aryl methyl sites for hydroxylation is 1. The second-order valence-electron chi connectivity index (χ2n) is 8.48. The summed E-state index contributed by atoms with van der Waals surface area (Å²) in [6.45, 7) is 1.63. The van der Waals surface area contributed by atoms with Gasteiger partial charge >= 0.3 is 6.18 Å². The van der Waals surface area contributed by atoms with Gasteiger partial charge in [-0.3, -0.25) is 9.97 Å². The first-order valence-corrected chi connectivity index (χ1v) is 12.8. The maximum Gasteiger partial charge on any atom is 0.402 e. The van der Waals surface area contributed by atoms with Gasteiger partial charge in [0.15, 0.2) is 15.7 Å². The number of hydrogen-bond donors (Lipinski definition) is 1. The number of pyridine rings is 3. The van der Waals surface area contributed by atoms with Gasteiger partial charge in [0.1, 0.15) is 17.3 Å². The van der Waals surface area contributed by atoms with Crippen LogP contribution < -0.4 is 5.73 Å². The minimum atomic E-state index is -4.85. The van der Waals surface area contributed by atoms with Crippen molar-refractivity contribution in [1.29, 1.82) is 0 Å². The summed E-state index contributed by atoms with van der Waals surface area (Å²) >= 11 is 0. The predicted molar refractivity (Wildman–Crippen MR) is 132 cm³/mol. The number of halogens is 3. The van der Waals surface area contributed by atoms with Crippen LogP contribution in [0.5, 0.6) is 0 Å². The number of aromatic nitrogens is 5. The van der Waals surface area contributed by atoms with Gasteiger partial charge in [-0.05, 0) is 48.9 Å². The fourth-order valence-corrected chi connectivity index (χ4v) is 5.10. The highest BCUT2D eigenvalue weighted by Gasteiger charge is 2.46. The molecule has 0 spiro atoms. The Balaban J connectivity index is 1.90. The lowest BCUT2D eigenvalue weighted by Crippen LogP contribution is -2.26. The summed E-state index contributed by atoms with van der Waals surface area (Å²) in [5.41, 5.74) is 6.76. The molecule has 5 rings (SSSR count). The SMILES string of the molecule is Cc1ncccc1-c1nc2c(S(C)(=O)=O)cccc2cc1[C@H](c1nc(N)c2ncccc2n1)C(F)(F)F. The Hall–Kier alpha value is -4.19. The molecule has 0 unspecified atom stereocenters. The van der Waals surface area contributed by atoms with E-state index in [2.05, 4.69) is 24.9 Å². The van der Waals surface area contributed by atoms with E-state index in [9.17, 15) is 21.6 Å². The second-order valence-corrected chi connectivity index (χ2v) is 10.5. The van der Waals surface area contributed by atoms with Crippen molar-refractivity contribution in [1.82, 2.24) is 24.9 Å². The van der Waals surface area contributed by atoms with E-state index in [-0.39, 0.29) is 43.9 Å². The third-order valence-corrected chi connectivity index (χ3v) is 7.02. The molecule has 0 aliphatic rings. The number of hydrogen-bond acceptors (Lipinski definition) is 8. The number of nitrogens with zero attached hydrogens (tertiary/aromatic N) is 5. The summed E-state index contributed by atoms with van der Waals surface area (Å²) in [6.07, 6.45) is -0.886. The lowest BCUT2D eigenvalue weighted by atomic mass is 9.91. The zero-order valence-electron chi connectivity index (χ0n) is 19.5. The summed E-state index contributed by atoms with van der Waals surface area (Å²) in [4.78, 5) is 20.8. The number of nitrogen functional groups attached to an aromatic ring is 1. The normalized spacial score (nSPS) is 13.2. The zero-order chi connectivity index (χ0) is 26.5. The maximum absolute atomic E-state index is 14.8. The number of benzene rings is 1. The largest absolute Gasteiger partial charge is 0.402 e. The van der Waals surface area contributed by atoms with Gasteiger partial charge in [0, 0.05) is 35.3 Å². The van der Waals surface area contributed by atoms with Gasteiger partial charge in [-0.1, -0.05) is 12.1 Å². The average molecular weight is 525 g/mol. The summed E-state index contributed by atoms with van der Waals surface area (Å²) in [5, 5.41) is 0.216. The Morgan fingerprint density at radius 3 is 2.35 bits per heavy atom. The number of fused-ring (bicyclic) bond motifs is 2. The van der Waals surface area contributed by atoms with Crippen molar-refractivity contribution in [2.45, 2.75) is 23.9 Å². The van der Waals surface area contributed by atoms with Crippen molar-refractivity contribution in [3.05, 3.63) is 78.0 Å². The summed E-state index contributed by atoms with van der Waals surface area (Å²) in [5.74, 6) is -3.09. The molecule has 0 saturated carbocycles. The van der Waals surface area contributed by atoms with E-state index in [1.807, 2.05) is 0 Å². The predicted octanol–water partition coefficient (Wildman–Crippen LogP) is 4.62. The third-order valence-electron chi connectivity index (χ3n) is 5.90. The van der Waals surface area contributed by atoms with Crippen LogP contribution in [0.1, 0.15) is 23.0 Å². The number of alkyl halides is 3. The van der Waals surface area contributed by atoms with E-state index >= 15 is 0 Å². The number of sulfone groups is 1. The van der Waals surface area contributed by atoms with Gasteiger partial charge in [0.05, 0.1) is 21.6 Å². The van der Waals surface area contributed by atoms with Crippen molar-refractivity contribution < 1.29 is 21.6 Å². The molecule has 37 heavy (non-hydrogen) atoms. The summed E-state index contributed by atoms with van der Waals surface area (Å²) in [6, 6.07) is 11.8. The molecule has 0 radical (unpaired) electrons. The van der Waals surface area contributed by atoms with Crippen LogP contribution in [0.4, 0.5) is 19.0 Å². The summed E-state index contributed by atoms with van der Waals surface area (Å²) in [7, 11) is -3.73. The second kappa shape index (κ2) is 8.73. The molecule has 0 saturated heterocycles. The van der Waals surface area contributed by atoms with Gasteiger partial charge in [-0.2, -0.15) is 13.2 Å². The van der Waals surface area contributed by atoms with Crippen molar-refractivity contribution in [3.8, 4) is 11.3 Å². The molecule has 0 fully saturated rings. The monoisotopic (exact) mass is 524 g/mol. The van der Waals surface area contributed by atoms with Crippen LogP contribution in [0.15, 0.2) is 65.8 Å². The van der Waals surface area contributed by atoms with Crippen molar-refractivity contribution in [2.24, 2.45) is 0 Å². The fraction of sp³-hybridized carbons (Fsp3) is 0.160. The van der Waals surface area contributed by atoms with Crippen LogP contribution in [0.2, 0.25) is 0 Å². The first kappa shape index (κ1) is 24.5. The van der Waals surface area contributed by atoms with E-state index in [1.54, 1.807) is 19.1 Å². The molecule has 1 atom stereocenters. The zero-order valence-corrected chi connectivity index (χ0v) is 20.3. The molecule has 8 nitrogen and oxygen atoms in total. The molecule has 5 aromatic rings. The number of rotatable bonds is 4. The molecule has 12 heteroatoms. The standard InChI is InChI=1S/C25H19F3N6O2S/c1-13-15(7-4-10-30-13)21-16(12-14-6-3-9-18(20(14)33-21)37(2,35)36)19(25(26,27)28)24-32-17-8-5-11-31-22(17)23(29)34-24/h3-12,19H,1-2H3,(H2,29,32,34)/t19-/m1/s1. The van der Waals surface area contributed by atoms with Crippen molar-refractivity contribution >= 4 is 37.6 Å². The molecule has 4 heterocycles. The highest BCUT2D eigenvalue weighted by atomic mass is 32.2. The maximum atomic E-state index is 14.8. The van der Waals surface area contributed by atoms with E-state index in [1.165, 1.54) is 48.8 Å². The van der Waals surface area contributed by atoms with E-state index in [4.69, 9.17) is 5.73 Å². The molecule has 1 aromatic carbocycles. The molecule has 4 aromatic heterocycles. The summed E-state index contributed by atoms with van der Waals surface area (Å²) < 4.78 is 69.3. The third kappa shape index (κ3) is 4.44. The molecule has 0 aliphatic carbocycles. The Morgan fingerprint density at radius 1 is 0.919 bits per heavy atom. The Bertz CT molecular complexity index is 1790. The van der Waals surface area contributed by atoms with E-state index in [0.717, 1.165) is 6.26 Å². The molecular formula is C25H19F3N6O2S. The lowest BCUT2D eigenvalue weighted by Gasteiger charge is -2.23. The molecular weight excluding hydrogens is 505 g/mol. The smallest absolute Gasteiger partial charge is 0.382 e. The first-order chi connectivity index (χ1) is 17.4. The highest BCUT2D eigenvalue weighted by Crippen LogP contribution is 2.44. The van der Waals surface area contributed by atoms with Gasteiger partial charge in [0.2, 0.25) is 0 Å².